The Kier molecular flexibility index (Phi) is 5.19. The topological polar surface area (TPSA) is 68.3 Å². The van der Waals surface area contributed by atoms with Crippen molar-refractivity contribution in [2.45, 2.75) is 32.1 Å². The van der Waals surface area contributed by atoms with Crippen molar-refractivity contribution in [2.24, 2.45) is 0 Å². The molecule has 7 nitrogen and oxygen atoms in total. The molecular formula is C23H23ClN6O. The van der Waals surface area contributed by atoms with Crippen LogP contribution in [0.3, 0.4) is 0 Å². The van der Waals surface area contributed by atoms with Crippen molar-refractivity contribution in [1.29, 1.82) is 0 Å². The summed E-state index contributed by atoms with van der Waals surface area (Å²) in [6.45, 7) is 3.40. The molecule has 1 saturated heterocycles. The molecule has 1 aliphatic rings. The Morgan fingerprint density at radius 1 is 1.19 bits per heavy atom. The first-order chi connectivity index (χ1) is 15.2. The predicted molar refractivity (Wildman–Crippen MR) is 119 cm³/mol. The Bertz CT molecular complexity index is 1250. The Morgan fingerprint density at radius 3 is 2.94 bits per heavy atom. The van der Waals surface area contributed by atoms with E-state index in [-0.39, 0.29) is 11.8 Å². The second-order valence-electron chi connectivity index (χ2n) is 7.83. The molecule has 4 aromatic rings. The summed E-state index contributed by atoms with van der Waals surface area (Å²) in [6, 6.07) is 13.4. The van der Waals surface area contributed by atoms with Gasteiger partial charge in [-0.1, -0.05) is 30.7 Å². The number of hydrogen-bond acceptors (Lipinski definition) is 4. The third-order valence-electron chi connectivity index (χ3n) is 5.90. The molecule has 1 atom stereocenters. The molecule has 0 bridgehead atoms. The number of halogens is 1. The third-order valence-corrected chi connectivity index (χ3v) is 6.14. The van der Waals surface area contributed by atoms with Crippen LogP contribution in [0.2, 0.25) is 5.02 Å². The molecule has 8 heteroatoms. The van der Waals surface area contributed by atoms with Gasteiger partial charge in [0.15, 0.2) is 5.65 Å². The summed E-state index contributed by atoms with van der Waals surface area (Å²) in [6.07, 6.45) is 6.28. The van der Waals surface area contributed by atoms with Crippen LogP contribution in [0.25, 0.3) is 11.3 Å². The molecule has 1 fully saturated rings. The summed E-state index contributed by atoms with van der Waals surface area (Å²) < 4.78 is 3.83. The van der Waals surface area contributed by atoms with Crippen molar-refractivity contribution in [3.05, 3.63) is 77.0 Å². The highest BCUT2D eigenvalue weighted by atomic mass is 35.5. The van der Waals surface area contributed by atoms with Crippen molar-refractivity contribution in [2.75, 3.05) is 13.1 Å². The Labute approximate surface area is 185 Å². The average Bonchev–Trinajstić information content (AvgIpc) is 3.43. The van der Waals surface area contributed by atoms with E-state index in [1.54, 1.807) is 6.20 Å². The number of fused-ring (bicyclic) bond motifs is 1. The molecule has 0 spiro atoms. The van der Waals surface area contributed by atoms with Crippen LogP contribution in [-0.4, -0.2) is 48.3 Å². The summed E-state index contributed by atoms with van der Waals surface area (Å²) in [7, 11) is 0. The maximum Gasteiger partial charge on any atom is 0.257 e. The summed E-state index contributed by atoms with van der Waals surface area (Å²) in [5, 5.41) is 13.8. The molecule has 1 aliphatic heterocycles. The van der Waals surface area contributed by atoms with Gasteiger partial charge in [-0.15, -0.1) is 10.2 Å². The largest absolute Gasteiger partial charge is 0.338 e. The molecule has 4 heterocycles. The van der Waals surface area contributed by atoms with Crippen LogP contribution in [-0.2, 0) is 6.42 Å². The number of piperidine rings is 1. The van der Waals surface area contributed by atoms with E-state index in [9.17, 15) is 4.79 Å². The predicted octanol–water partition coefficient (Wildman–Crippen LogP) is 4.15. The van der Waals surface area contributed by atoms with E-state index in [0.29, 0.717) is 23.6 Å². The number of hydrogen-bond donors (Lipinski definition) is 0. The summed E-state index contributed by atoms with van der Waals surface area (Å²) >= 11 is 6.16. The quantitative estimate of drug-likeness (QED) is 0.484. The molecular weight excluding hydrogens is 412 g/mol. The lowest BCUT2D eigenvalue weighted by atomic mass is 9.96. The summed E-state index contributed by atoms with van der Waals surface area (Å²) in [4.78, 5) is 15.4. The normalized spacial score (nSPS) is 16.7. The molecule has 0 N–H and O–H groups in total. The molecule has 1 unspecified atom stereocenters. The van der Waals surface area contributed by atoms with E-state index in [0.717, 1.165) is 42.2 Å². The van der Waals surface area contributed by atoms with E-state index in [1.165, 1.54) is 0 Å². The number of amides is 1. The zero-order valence-electron chi connectivity index (χ0n) is 17.3. The van der Waals surface area contributed by atoms with E-state index in [2.05, 4.69) is 15.3 Å². The minimum Gasteiger partial charge on any atom is -0.338 e. The third kappa shape index (κ3) is 3.59. The van der Waals surface area contributed by atoms with Crippen LogP contribution in [0.15, 0.2) is 54.9 Å². The first-order valence-corrected chi connectivity index (χ1v) is 10.9. The zero-order chi connectivity index (χ0) is 21.4. The maximum atomic E-state index is 13.5. The summed E-state index contributed by atoms with van der Waals surface area (Å²) in [5.74, 6) is 1.09. The van der Waals surface area contributed by atoms with Crippen LogP contribution < -0.4 is 0 Å². The molecule has 5 rings (SSSR count). The SMILES string of the molecule is CCc1c(C(=O)N2CCCC(c3nnc4ccccn34)C2)cnn1-c1cccc(Cl)c1. The van der Waals surface area contributed by atoms with E-state index in [1.807, 2.05) is 69.6 Å². The molecule has 0 radical (unpaired) electrons. The fourth-order valence-electron chi connectivity index (χ4n) is 4.40. The number of rotatable bonds is 4. The highest BCUT2D eigenvalue weighted by molar-refractivity contribution is 6.30. The maximum absolute atomic E-state index is 13.5. The van der Waals surface area contributed by atoms with Gasteiger partial charge in [-0.3, -0.25) is 9.20 Å². The van der Waals surface area contributed by atoms with Crippen LogP contribution in [0.4, 0.5) is 0 Å². The molecule has 31 heavy (non-hydrogen) atoms. The van der Waals surface area contributed by atoms with E-state index >= 15 is 0 Å². The van der Waals surface area contributed by atoms with Gasteiger partial charge in [0.2, 0.25) is 0 Å². The first-order valence-electron chi connectivity index (χ1n) is 10.6. The number of likely N-dealkylation sites (tertiary alicyclic amines) is 1. The van der Waals surface area contributed by atoms with Crippen molar-refractivity contribution in [1.82, 2.24) is 29.3 Å². The number of pyridine rings is 1. The van der Waals surface area contributed by atoms with Gasteiger partial charge in [0.05, 0.1) is 23.1 Å². The van der Waals surface area contributed by atoms with Gasteiger partial charge in [0.25, 0.3) is 5.91 Å². The highest BCUT2D eigenvalue weighted by Gasteiger charge is 2.30. The minimum atomic E-state index is 0.0173. The minimum absolute atomic E-state index is 0.0173. The van der Waals surface area contributed by atoms with Gasteiger partial charge >= 0.3 is 0 Å². The molecule has 1 aromatic carbocycles. The number of benzene rings is 1. The lowest BCUT2D eigenvalue weighted by molar-refractivity contribution is 0.0703. The molecule has 0 aliphatic carbocycles. The van der Waals surface area contributed by atoms with E-state index in [4.69, 9.17) is 11.6 Å². The number of aromatic nitrogens is 5. The van der Waals surface area contributed by atoms with E-state index < -0.39 is 0 Å². The fraction of sp³-hybridized carbons (Fsp3) is 0.304. The average molecular weight is 435 g/mol. The van der Waals surface area contributed by atoms with Gasteiger partial charge < -0.3 is 4.90 Å². The molecule has 158 valence electrons. The monoisotopic (exact) mass is 434 g/mol. The number of carbonyl (C=O) groups excluding carboxylic acids is 1. The molecule has 3 aromatic heterocycles. The lowest BCUT2D eigenvalue weighted by Crippen LogP contribution is -2.39. The highest BCUT2D eigenvalue weighted by Crippen LogP contribution is 2.28. The van der Waals surface area contributed by atoms with Gasteiger partial charge in [0, 0.05) is 30.2 Å². The van der Waals surface area contributed by atoms with Crippen molar-refractivity contribution < 1.29 is 4.79 Å². The Balaban J connectivity index is 1.42. The molecule has 0 saturated carbocycles. The van der Waals surface area contributed by atoms with Crippen LogP contribution in [0, 0.1) is 0 Å². The Hall–Kier alpha value is -3.19. The number of nitrogens with zero attached hydrogens (tertiary/aromatic N) is 6. The van der Waals surface area contributed by atoms with Crippen molar-refractivity contribution in [3.63, 3.8) is 0 Å². The van der Waals surface area contributed by atoms with Gasteiger partial charge in [-0.05, 0) is 49.6 Å². The second kappa shape index (κ2) is 8.15. The van der Waals surface area contributed by atoms with Gasteiger partial charge in [-0.2, -0.15) is 5.10 Å². The van der Waals surface area contributed by atoms with Crippen molar-refractivity contribution >= 4 is 23.2 Å². The van der Waals surface area contributed by atoms with Crippen molar-refractivity contribution in [3.8, 4) is 5.69 Å². The first kappa shape index (κ1) is 19.8. The smallest absolute Gasteiger partial charge is 0.257 e. The summed E-state index contributed by atoms with van der Waals surface area (Å²) in [5.41, 5.74) is 3.23. The Morgan fingerprint density at radius 2 is 2.10 bits per heavy atom. The van der Waals surface area contributed by atoms with Crippen LogP contribution in [0.5, 0.6) is 0 Å². The molecule has 1 amide bonds. The fourth-order valence-corrected chi connectivity index (χ4v) is 4.59. The van der Waals surface area contributed by atoms with Gasteiger partial charge in [0.1, 0.15) is 5.82 Å². The second-order valence-corrected chi connectivity index (χ2v) is 8.26. The standard InChI is InChI=1S/C23H23ClN6O/c1-2-20-19(14-25-30(20)18-9-5-8-17(24)13-18)23(31)28-11-6-7-16(15-28)22-27-26-21-10-3-4-12-29(21)22/h3-5,8-10,12-14,16H,2,6-7,11,15H2,1H3. The number of carbonyl (C=O) groups is 1. The lowest BCUT2D eigenvalue weighted by Gasteiger charge is -2.32. The zero-order valence-corrected chi connectivity index (χ0v) is 18.0. The van der Waals surface area contributed by atoms with Crippen LogP contribution >= 0.6 is 11.6 Å². The van der Waals surface area contributed by atoms with Crippen LogP contribution in [0.1, 0.15) is 47.6 Å². The van der Waals surface area contributed by atoms with Gasteiger partial charge in [-0.25, -0.2) is 4.68 Å².